The van der Waals surface area contributed by atoms with Crippen molar-refractivity contribution in [3.05, 3.63) is 42.5 Å². The lowest BCUT2D eigenvalue weighted by Crippen LogP contribution is -2.40. The van der Waals surface area contributed by atoms with E-state index in [2.05, 4.69) is 33.2 Å². The monoisotopic (exact) mass is 470 g/mol. The van der Waals surface area contributed by atoms with Crippen molar-refractivity contribution < 1.29 is 4.74 Å². The molecule has 1 saturated carbocycles. The number of halogens is 1. The second kappa shape index (κ2) is 10.8. The van der Waals surface area contributed by atoms with Gasteiger partial charge in [0.25, 0.3) is 0 Å². The molecule has 3 rings (SSSR count). The first-order valence-electron chi connectivity index (χ1n) is 9.30. The SMILES string of the molecule is C=CCOc1ccccc1CNC(=NC)NCC1CCN(C2CC2)C1.I. The number of hydrogen-bond donors (Lipinski definition) is 2. The normalized spacial score (nSPS) is 20.3. The molecule has 1 atom stereocenters. The van der Waals surface area contributed by atoms with Crippen LogP contribution in [0.4, 0.5) is 0 Å². The van der Waals surface area contributed by atoms with E-state index in [9.17, 15) is 0 Å². The van der Waals surface area contributed by atoms with Crippen molar-refractivity contribution in [3.63, 3.8) is 0 Å². The van der Waals surface area contributed by atoms with Gasteiger partial charge in [-0.2, -0.15) is 0 Å². The number of benzene rings is 1. The Balaban J connectivity index is 0.00000243. The average Bonchev–Trinajstić information content (AvgIpc) is 3.39. The van der Waals surface area contributed by atoms with Gasteiger partial charge in [0.1, 0.15) is 12.4 Å². The number of rotatable bonds is 8. The highest BCUT2D eigenvalue weighted by molar-refractivity contribution is 14.0. The second-order valence-electron chi connectivity index (χ2n) is 6.89. The molecule has 2 N–H and O–H groups in total. The van der Waals surface area contributed by atoms with Crippen LogP contribution >= 0.6 is 24.0 Å². The zero-order chi connectivity index (χ0) is 17.5. The summed E-state index contributed by atoms with van der Waals surface area (Å²) in [5.74, 6) is 2.46. The summed E-state index contributed by atoms with van der Waals surface area (Å²) in [6.45, 7) is 8.38. The zero-order valence-electron chi connectivity index (χ0n) is 15.6. The topological polar surface area (TPSA) is 48.9 Å². The van der Waals surface area contributed by atoms with E-state index in [1.807, 2.05) is 25.2 Å². The highest BCUT2D eigenvalue weighted by atomic mass is 127. The fourth-order valence-corrected chi connectivity index (χ4v) is 3.38. The van der Waals surface area contributed by atoms with Crippen LogP contribution in [-0.2, 0) is 6.54 Å². The van der Waals surface area contributed by atoms with Gasteiger partial charge in [-0.15, -0.1) is 24.0 Å². The molecule has 1 aliphatic carbocycles. The van der Waals surface area contributed by atoms with E-state index in [1.54, 1.807) is 6.08 Å². The van der Waals surface area contributed by atoms with Gasteiger partial charge in [0.15, 0.2) is 5.96 Å². The Morgan fingerprint density at radius 3 is 2.85 bits per heavy atom. The molecule has 0 spiro atoms. The quantitative estimate of drug-likeness (QED) is 0.266. The van der Waals surface area contributed by atoms with Crippen molar-refractivity contribution in [1.29, 1.82) is 0 Å². The lowest BCUT2D eigenvalue weighted by Gasteiger charge is -2.17. The minimum absolute atomic E-state index is 0. The summed E-state index contributed by atoms with van der Waals surface area (Å²) in [5.41, 5.74) is 1.12. The maximum Gasteiger partial charge on any atom is 0.191 e. The van der Waals surface area contributed by atoms with Gasteiger partial charge < -0.3 is 20.3 Å². The molecule has 0 radical (unpaired) electrons. The van der Waals surface area contributed by atoms with Crippen LogP contribution in [0.15, 0.2) is 41.9 Å². The number of likely N-dealkylation sites (tertiary alicyclic amines) is 1. The van der Waals surface area contributed by atoms with Crippen LogP contribution < -0.4 is 15.4 Å². The van der Waals surface area contributed by atoms with E-state index in [-0.39, 0.29) is 24.0 Å². The Labute approximate surface area is 174 Å². The highest BCUT2D eigenvalue weighted by Crippen LogP contribution is 2.31. The first-order valence-corrected chi connectivity index (χ1v) is 9.30. The van der Waals surface area contributed by atoms with Gasteiger partial charge in [0.05, 0.1) is 0 Å². The number of hydrogen-bond acceptors (Lipinski definition) is 3. The minimum Gasteiger partial charge on any atom is -0.489 e. The summed E-state index contributed by atoms with van der Waals surface area (Å²) in [6.07, 6.45) is 5.85. The van der Waals surface area contributed by atoms with Crippen molar-refractivity contribution in [2.75, 3.05) is 33.3 Å². The maximum atomic E-state index is 5.71. The molecule has 1 aromatic rings. The highest BCUT2D eigenvalue weighted by Gasteiger charge is 2.34. The van der Waals surface area contributed by atoms with Crippen molar-refractivity contribution >= 4 is 29.9 Å². The van der Waals surface area contributed by atoms with E-state index in [0.29, 0.717) is 13.2 Å². The lowest BCUT2D eigenvalue weighted by molar-refractivity contribution is 0.314. The summed E-state index contributed by atoms with van der Waals surface area (Å²) >= 11 is 0. The second-order valence-corrected chi connectivity index (χ2v) is 6.89. The molecule has 1 heterocycles. The molecule has 0 amide bonds. The summed E-state index contributed by atoms with van der Waals surface area (Å²) in [6, 6.07) is 8.96. The third-order valence-corrected chi connectivity index (χ3v) is 4.94. The standard InChI is InChI=1S/C20H30N4O.HI/c1-3-12-25-19-7-5-4-6-17(19)14-23-20(21-2)22-13-16-10-11-24(15-16)18-8-9-18;/h3-7,16,18H,1,8-15H2,2H3,(H2,21,22,23);1H. The van der Waals surface area contributed by atoms with Gasteiger partial charge in [-0.05, 0) is 37.8 Å². The van der Waals surface area contributed by atoms with Gasteiger partial charge in [0, 0.05) is 38.3 Å². The smallest absolute Gasteiger partial charge is 0.191 e. The van der Waals surface area contributed by atoms with E-state index in [0.717, 1.165) is 35.8 Å². The van der Waals surface area contributed by atoms with Crippen molar-refractivity contribution in [1.82, 2.24) is 15.5 Å². The summed E-state index contributed by atoms with van der Waals surface area (Å²) in [7, 11) is 1.82. The van der Waals surface area contributed by atoms with Crippen LogP contribution in [0.2, 0.25) is 0 Å². The first-order chi connectivity index (χ1) is 12.3. The van der Waals surface area contributed by atoms with Gasteiger partial charge in [-0.1, -0.05) is 30.9 Å². The number of nitrogens with zero attached hydrogens (tertiary/aromatic N) is 2. The van der Waals surface area contributed by atoms with Crippen LogP contribution in [0.5, 0.6) is 5.75 Å². The fourth-order valence-electron chi connectivity index (χ4n) is 3.38. The third-order valence-electron chi connectivity index (χ3n) is 4.94. The summed E-state index contributed by atoms with van der Waals surface area (Å²) in [5, 5.41) is 6.87. The Bertz CT molecular complexity index is 603. The maximum absolute atomic E-state index is 5.71. The lowest BCUT2D eigenvalue weighted by atomic mass is 10.1. The molecule has 1 unspecified atom stereocenters. The Kier molecular flexibility index (Phi) is 8.71. The van der Waals surface area contributed by atoms with Crippen LogP contribution in [-0.4, -0.2) is 50.2 Å². The molecular weight excluding hydrogens is 439 g/mol. The molecule has 0 bridgehead atoms. The van der Waals surface area contributed by atoms with Crippen LogP contribution in [0.25, 0.3) is 0 Å². The van der Waals surface area contributed by atoms with Crippen LogP contribution in [0, 0.1) is 5.92 Å². The Morgan fingerprint density at radius 1 is 1.31 bits per heavy atom. The van der Waals surface area contributed by atoms with Gasteiger partial charge in [-0.25, -0.2) is 0 Å². The van der Waals surface area contributed by atoms with Crippen molar-refractivity contribution in [2.24, 2.45) is 10.9 Å². The minimum atomic E-state index is 0. The number of ether oxygens (including phenoxy) is 1. The summed E-state index contributed by atoms with van der Waals surface area (Å²) < 4.78 is 5.71. The first kappa shape index (κ1) is 21.0. The van der Waals surface area contributed by atoms with E-state index < -0.39 is 0 Å². The molecule has 6 heteroatoms. The molecule has 144 valence electrons. The Morgan fingerprint density at radius 2 is 2.12 bits per heavy atom. The Hall–Kier alpha value is -1.28. The molecule has 0 aromatic heterocycles. The summed E-state index contributed by atoms with van der Waals surface area (Å²) in [4.78, 5) is 6.99. The van der Waals surface area contributed by atoms with Gasteiger partial charge in [0.2, 0.25) is 0 Å². The van der Waals surface area contributed by atoms with Crippen molar-refractivity contribution in [3.8, 4) is 5.75 Å². The molecule has 2 fully saturated rings. The molecule has 2 aliphatic rings. The molecule has 5 nitrogen and oxygen atoms in total. The number of para-hydroxylation sites is 1. The number of nitrogens with one attached hydrogen (secondary N) is 2. The van der Waals surface area contributed by atoms with Gasteiger partial charge >= 0.3 is 0 Å². The molecule has 1 aliphatic heterocycles. The van der Waals surface area contributed by atoms with E-state index in [4.69, 9.17) is 4.74 Å². The molecule has 26 heavy (non-hydrogen) atoms. The number of guanidine groups is 1. The predicted octanol–water partition coefficient (Wildman–Crippen LogP) is 3.02. The third kappa shape index (κ3) is 6.16. The molecule has 1 saturated heterocycles. The van der Waals surface area contributed by atoms with Crippen molar-refractivity contribution in [2.45, 2.75) is 31.8 Å². The molecule has 1 aromatic carbocycles. The van der Waals surface area contributed by atoms with Crippen LogP contribution in [0.3, 0.4) is 0 Å². The zero-order valence-corrected chi connectivity index (χ0v) is 17.9. The number of aliphatic imine (C=N–C) groups is 1. The largest absolute Gasteiger partial charge is 0.489 e. The predicted molar refractivity (Wildman–Crippen MR) is 118 cm³/mol. The van der Waals surface area contributed by atoms with E-state index >= 15 is 0 Å². The van der Waals surface area contributed by atoms with Gasteiger partial charge in [-0.3, -0.25) is 4.99 Å². The van der Waals surface area contributed by atoms with Crippen LogP contribution in [0.1, 0.15) is 24.8 Å². The molecular formula is C20H31IN4O. The average molecular weight is 470 g/mol. The fraction of sp³-hybridized carbons (Fsp3) is 0.550. The van der Waals surface area contributed by atoms with E-state index in [1.165, 1.54) is 32.4 Å².